The highest BCUT2D eigenvalue weighted by Gasteiger charge is 2.40. The molecule has 3 saturated heterocycles. The van der Waals surface area contributed by atoms with E-state index in [-0.39, 0.29) is 0 Å². The molecule has 2 N–H and O–H groups in total. The van der Waals surface area contributed by atoms with Gasteiger partial charge in [0, 0.05) is 62.4 Å². The van der Waals surface area contributed by atoms with Crippen LogP contribution in [-0.2, 0) is 0 Å². The zero-order chi connectivity index (χ0) is 15.7. The highest BCUT2D eigenvalue weighted by Crippen LogP contribution is 2.31. The van der Waals surface area contributed by atoms with Gasteiger partial charge < -0.3 is 10.6 Å². The lowest BCUT2D eigenvalue weighted by Gasteiger charge is -2.45. The molecule has 3 rings (SSSR count). The van der Waals surface area contributed by atoms with Crippen LogP contribution in [0.1, 0.15) is 53.4 Å². The number of nitrogens with one attached hydrogen (secondary N) is 2. The van der Waals surface area contributed by atoms with E-state index < -0.39 is 0 Å². The third-order valence-electron chi connectivity index (χ3n) is 6.29. The van der Waals surface area contributed by atoms with Gasteiger partial charge in [-0.25, -0.2) is 0 Å². The molecule has 4 atom stereocenters. The monoisotopic (exact) mass is 308 g/mol. The summed E-state index contributed by atoms with van der Waals surface area (Å²) in [7, 11) is 0. The second-order valence-corrected chi connectivity index (χ2v) is 8.43. The summed E-state index contributed by atoms with van der Waals surface area (Å²) in [5.41, 5.74) is 0.296. The van der Waals surface area contributed by atoms with Crippen LogP contribution in [0, 0.1) is 0 Å². The maximum Gasteiger partial charge on any atom is 0.0281 e. The van der Waals surface area contributed by atoms with Crippen molar-refractivity contribution in [2.24, 2.45) is 0 Å². The Hall–Kier alpha value is -0.160. The van der Waals surface area contributed by atoms with Crippen molar-refractivity contribution in [2.75, 3.05) is 32.7 Å². The van der Waals surface area contributed by atoms with Gasteiger partial charge in [0.15, 0.2) is 0 Å². The van der Waals surface area contributed by atoms with E-state index >= 15 is 0 Å². The van der Waals surface area contributed by atoms with E-state index in [0.29, 0.717) is 11.6 Å². The summed E-state index contributed by atoms with van der Waals surface area (Å²) in [5, 5.41) is 7.41. The summed E-state index contributed by atoms with van der Waals surface area (Å²) < 4.78 is 0. The number of rotatable bonds is 5. The van der Waals surface area contributed by atoms with E-state index in [9.17, 15) is 0 Å². The maximum absolute atomic E-state index is 3.80. The Bertz CT molecular complexity index is 356. The van der Waals surface area contributed by atoms with Crippen LogP contribution in [0.5, 0.6) is 0 Å². The molecule has 22 heavy (non-hydrogen) atoms. The summed E-state index contributed by atoms with van der Waals surface area (Å²) in [4.78, 5) is 5.47. The fourth-order valence-electron chi connectivity index (χ4n) is 4.90. The SMILES string of the molecule is CC(C)N1CCNC(C)(CCC(C)N2C3CCC2CNC3)C1. The maximum atomic E-state index is 3.80. The number of hydrogen-bond donors (Lipinski definition) is 2. The van der Waals surface area contributed by atoms with Gasteiger partial charge in [0.2, 0.25) is 0 Å². The zero-order valence-electron chi connectivity index (χ0n) is 15.1. The van der Waals surface area contributed by atoms with Crippen LogP contribution in [-0.4, -0.2) is 72.2 Å². The summed E-state index contributed by atoms with van der Waals surface area (Å²) in [5.74, 6) is 0. The van der Waals surface area contributed by atoms with Crippen molar-refractivity contribution in [1.29, 1.82) is 0 Å². The van der Waals surface area contributed by atoms with E-state index in [0.717, 1.165) is 24.7 Å². The van der Waals surface area contributed by atoms with Gasteiger partial charge in [0.1, 0.15) is 0 Å². The molecule has 3 fully saturated rings. The minimum absolute atomic E-state index is 0.296. The van der Waals surface area contributed by atoms with Gasteiger partial charge >= 0.3 is 0 Å². The molecule has 0 aromatic rings. The largest absolute Gasteiger partial charge is 0.314 e. The predicted octanol–water partition coefficient (Wildman–Crippen LogP) is 1.66. The van der Waals surface area contributed by atoms with Crippen molar-refractivity contribution in [3.8, 4) is 0 Å². The van der Waals surface area contributed by atoms with E-state index in [1.807, 2.05) is 0 Å². The van der Waals surface area contributed by atoms with Crippen LogP contribution in [0.4, 0.5) is 0 Å². The van der Waals surface area contributed by atoms with Crippen molar-refractivity contribution in [3.05, 3.63) is 0 Å². The molecule has 0 saturated carbocycles. The zero-order valence-corrected chi connectivity index (χ0v) is 15.1. The average Bonchev–Trinajstić information content (AvgIpc) is 2.74. The lowest BCUT2D eigenvalue weighted by molar-refractivity contribution is 0.0761. The van der Waals surface area contributed by atoms with Crippen molar-refractivity contribution in [1.82, 2.24) is 20.4 Å². The smallest absolute Gasteiger partial charge is 0.0281 e. The summed E-state index contributed by atoms with van der Waals surface area (Å²) in [6.45, 7) is 15.5. The summed E-state index contributed by atoms with van der Waals surface area (Å²) in [6.07, 6.45) is 5.42. The molecule has 4 nitrogen and oxygen atoms in total. The number of piperazine rings is 2. The van der Waals surface area contributed by atoms with E-state index in [1.165, 1.54) is 51.9 Å². The van der Waals surface area contributed by atoms with E-state index in [2.05, 4.69) is 48.1 Å². The molecule has 3 heterocycles. The Labute approximate surface area is 137 Å². The van der Waals surface area contributed by atoms with Gasteiger partial charge in [-0.05, 0) is 53.4 Å². The first kappa shape index (κ1) is 16.7. The van der Waals surface area contributed by atoms with E-state index in [4.69, 9.17) is 0 Å². The van der Waals surface area contributed by atoms with Crippen LogP contribution >= 0.6 is 0 Å². The number of hydrogen-bond acceptors (Lipinski definition) is 4. The Morgan fingerprint density at radius 3 is 2.45 bits per heavy atom. The molecular weight excluding hydrogens is 272 g/mol. The fourth-order valence-corrected chi connectivity index (χ4v) is 4.90. The molecular formula is C18H36N4. The normalized spacial score (nSPS) is 38.6. The molecule has 0 aromatic carbocycles. The Kier molecular flexibility index (Phi) is 5.13. The number of fused-ring (bicyclic) bond motifs is 2. The first-order valence-corrected chi connectivity index (χ1v) is 9.46. The first-order valence-electron chi connectivity index (χ1n) is 9.46. The second-order valence-electron chi connectivity index (χ2n) is 8.43. The Morgan fingerprint density at radius 2 is 1.82 bits per heavy atom. The van der Waals surface area contributed by atoms with E-state index in [1.54, 1.807) is 0 Å². The fraction of sp³-hybridized carbons (Fsp3) is 1.00. The summed E-state index contributed by atoms with van der Waals surface area (Å²) >= 11 is 0. The molecule has 128 valence electrons. The van der Waals surface area contributed by atoms with Crippen LogP contribution in [0.3, 0.4) is 0 Å². The molecule has 4 heteroatoms. The lowest BCUT2D eigenvalue weighted by Crippen LogP contribution is -2.61. The van der Waals surface area contributed by atoms with Gasteiger partial charge in [0.05, 0.1) is 0 Å². The molecule has 3 aliphatic heterocycles. The van der Waals surface area contributed by atoms with Gasteiger partial charge in [-0.3, -0.25) is 9.80 Å². The van der Waals surface area contributed by atoms with Crippen molar-refractivity contribution in [2.45, 2.75) is 83.1 Å². The lowest BCUT2D eigenvalue weighted by atomic mass is 9.90. The highest BCUT2D eigenvalue weighted by molar-refractivity contribution is 4.98. The van der Waals surface area contributed by atoms with Crippen molar-refractivity contribution < 1.29 is 0 Å². The quantitative estimate of drug-likeness (QED) is 0.809. The average molecular weight is 309 g/mol. The standard InChI is InChI=1S/C18H36N4/c1-14(2)21-10-9-20-18(4,13-21)8-7-15(3)22-16-5-6-17(22)12-19-11-16/h14-17,19-20H,5-13H2,1-4H3. The first-order chi connectivity index (χ1) is 10.5. The van der Waals surface area contributed by atoms with Gasteiger partial charge in [-0.1, -0.05) is 0 Å². The van der Waals surface area contributed by atoms with Gasteiger partial charge in [0.25, 0.3) is 0 Å². The predicted molar refractivity (Wildman–Crippen MR) is 93.3 cm³/mol. The molecule has 4 unspecified atom stereocenters. The minimum atomic E-state index is 0.296. The number of nitrogens with zero attached hydrogens (tertiary/aromatic N) is 2. The topological polar surface area (TPSA) is 30.5 Å². The molecule has 0 spiro atoms. The van der Waals surface area contributed by atoms with Crippen LogP contribution < -0.4 is 10.6 Å². The van der Waals surface area contributed by atoms with Gasteiger partial charge in [-0.15, -0.1) is 0 Å². The molecule has 0 aromatic heterocycles. The van der Waals surface area contributed by atoms with Crippen molar-refractivity contribution >= 4 is 0 Å². The van der Waals surface area contributed by atoms with Crippen LogP contribution in [0.25, 0.3) is 0 Å². The highest BCUT2D eigenvalue weighted by atomic mass is 15.3. The molecule has 0 amide bonds. The molecule has 0 radical (unpaired) electrons. The minimum Gasteiger partial charge on any atom is -0.314 e. The van der Waals surface area contributed by atoms with Crippen LogP contribution in [0.2, 0.25) is 0 Å². The summed E-state index contributed by atoms with van der Waals surface area (Å²) in [6, 6.07) is 3.00. The molecule has 2 bridgehead atoms. The second kappa shape index (κ2) is 6.76. The molecule has 3 aliphatic rings. The van der Waals surface area contributed by atoms with Crippen LogP contribution in [0.15, 0.2) is 0 Å². The van der Waals surface area contributed by atoms with Gasteiger partial charge in [-0.2, -0.15) is 0 Å². The Morgan fingerprint density at radius 1 is 1.14 bits per heavy atom. The third-order valence-corrected chi connectivity index (χ3v) is 6.29. The Balaban J connectivity index is 1.53. The molecule has 0 aliphatic carbocycles. The third kappa shape index (κ3) is 3.50. The van der Waals surface area contributed by atoms with Crippen molar-refractivity contribution in [3.63, 3.8) is 0 Å².